The van der Waals surface area contributed by atoms with E-state index in [1.54, 1.807) is 0 Å². The number of allylic oxidation sites excluding steroid dienone is 5. The SMILES string of the molecule is C=C/C(=C\C(=C/C)C(F)(F)F)c1ccnc(NCc2ccc(O)cc2F)n1. The zero-order valence-electron chi connectivity index (χ0n) is 14.4. The number of phenolic OH excluding ortho intramolecular Hbond substituents is 1. The van der Waals surface area contributed by atoms with Crippen LogP contribution in [0.5, 0.6) is 5.75 Å². The number of aromatic nitrogens is 2. The topological polar surface area (TPSA) is 58.0 Å². The van der Waals surface area contributed by atoms with E-state index in [2.05, 4.69) is 21.9 Å². The van der Waals surface area contributed by atoms with E-state index >= 15 is 0 Å². The maximum Gasteiger partial charge on any atom is 0.416 e. The average molecular weight is 379 g/mol. The monoisotopic (exact) mass is 379 g/mol. The molecule has 27 heavy (non-hydrogen) atoms. The summed E-state index contributed by atoms with van der Waals surface area (Å²) in [6, 6.07) is 5.16. The van der Waals surface area contributed by atoms with E-state index in [1.807, 2.05) is 0 Å². The molecule has 142 valence electrons. The summed E-state index contributed by atoms with van der Waals surface area (Å²) in [7, 11) is 0. The number of nitrogens with zero attached hydrogens (tertiary/aromatic N) is 2. The Kier molecular flexibility index (Phi) is 6.33. The lowest BCUT2D eigenvalue weighted by Gasteiger charge is -2.10. The highest BCUT2D eigenvalue weighted by Crippen LogP contribution is 2.29. The third-order valence-corrected chi connectivity index (χ3v) is 3.59. The Balaban J connectivity index is 2.24. The summed E-state index contributed by atoms with van der Waals surface area (Å²) in [6.45, 7) is 4.86. The third-order valence-electron chi connectivity index (χ3n) is 3.59. The fraction of sp³-hybridized carbons (Fsp3) is 0.158. The van der Waals surface area contributed by atoms with E-state index < -0.39 is 17.6 Å². The lowest BCUT2D eigenvalue weighted by Crippen LogP contribution is -2.10. The lowest BCUT2D eigenvalue weighted by molar-refractivity contribution is -0.0882. The Labute approximate surface area is 153 Å². The molecule has 0 unspecified atom stereocenters. The molecule has 0 atom stereocenters. The van der Waals surface area contributed by atoms with Gasteiger partial charge in [0, 0.05) is 29.9 Å². The smallest absolute Gasteiger partial charge is 0.416 e. The molecule has 0 spiro atoms. The first-order chi connectivity index (χ1) is 12.7. The van der Waals surface area contributed by atoms with Crippen molar-refractivity contribution >= 4 is 11.5 Å². The van der Waals surface area contributed by atoms with Crippen LogP contribution in [-0.2, 0) is 6.54 Å². The van der Waals surface area contributed by atoms with Gasteiger partial charge < -0.3 is 10.4 Å². The molecule has 0 radical (unpaired) electrons. The molecule has 2 N–H and O–H groups in total. The predicted octanol–water partition coefficient (Wildman–Crippen LogP) is 5.01. The van der Waals surface area contributed by atoms with Gasteiger partial charge in [-0.25, -0.2) is 14.4 Å². The molecule has 2 rings (SSSR count). The number of hydrogen-bond donors (Lipinski definition) is 2. The molecule has 1 heterocycles. The molecular weight excluding hydrogens is 362 g/mol. The molecule has 0 aliphatic carbocycles. The van der Waals surface area contributed by atoms with Gasteiger partial charge in [0.15, 0.2) is 0 Å². The van der Waals surface area contributed by atoms with E-state index in [0.29, 0.717) is 0 Å². The molecule has 0 fully saturated rings. The second kappa shape index (κ2) is 8.48. The molecule has 0 aliphatic rings. The number of alkyl halides is 3. The van der Waals surface area contributed by atoms with Crippen LogP contribution in [0.3, 0.4) is 0 Å². The van der Waals surface area contributed by atoms with E-state index in [1.165, 1.54) is 37.4 Å². The van der Waals surface area contributed by atoms with Gasteiger partial charge in [0.1, 0.15) is 11.6 Å². The van der Waals surface area contributed by atoms with Gasteiger partial charge in [-0.2, -0.15) is 13.2 Å². The molecule has 1 aromatic heterocycles. The highest BCUT2D eigenvalue weighted by atomic mass is 19.4. The molecular formula is C19H17F4N3O. The Morgan fingerprint density at radius 3 is 2.63 bits per heavy atom. The Morgan fingerprint density at radius 2 is 2.04 bits per heavy atom. The number of hydrogen-bond acceptors (Lipinski definition) is 4. The predicted molar refractivity (Wildman–Crippen MR) is 95.4 cm³/mol. The molecule has 2 aromatic rings. The summed E-state index contributed by atoms with van der Waals surface area (Å²) >= 11 is 0. The van der Waals surface area contributed by atoms with E-state index in [0.717, 1.165) is 18.2 Å². The van der Waals surface area contributed by atoms with Crippen LogP contribution in [0, 0.1) is 5.82 Å². The third kappa shape index (κ3) is 5.40. The minimum Gasteiger partial charge on any atom is -0.508 e. The van der Waals surface area contributed by atoms with Gasteiger partial charge in [-0.1, -0.05) is 24.8 Å². The van der Waals surface area contributed by atoms with E-state index in [4.69, 9.17) is 0 Å². The maximum atomic E-state index is 13.7. The van der Waals surface area contributed by atoms with Crippen molar-refractivity contribution in [2.75, 3.05) is 5.32 Å². The highest BCUT2D eigenvalue weighted by molar-refractivity contribution is 5.74. The van der Waals surface area contributed by atoms with Gasteiger partial charge in [0.05, 0.1) is 11.3 Å². The Bertz CT molecular complexity index is 889. The normalized spacial score (nSPS) is 12.8. The van der Waals surface area contributed by atoms with Gasteiger partial charge >= 0.3 is 6.18 Å². The second-order valence-electron chi connectivity index (χ2n) is 5.44. The lowest BCUT2D eigenvalue weighted by atomic mass is 10.1. The highest BCUT2D eigenvalue weighted by Gasteiger charge is 2.31. The molecule has 1 aromatic carbocycles. The van der Waals surface area contributed by atoms with Crippen molar-refractivity contribution in [3.63, 3.8) is 0 Å². The van der Waals surface area contributed by atoms with Crippen LogP contribution in [0.25, 0.3) is 5.57 Å². The van der Waals surface area contributed by atoms with Crippen molar-refractivity contribution in [2.24, 2.45) is 0 Å². The number of phenols is 1. The first kappa shape index (κ1) is 20.2. The summed E-state index contributed by atoms with van der Waals surface area (Å²) in [5, 5.41) is 12.0. The second-order valence-corrected chi connectivity index (χ2v) is 5.44. The number of anilines is 1. The summed E-state index contributed by atoms with van der Waals surface area (Å²) in [6.07, 6.45) is 0.0445. The molecule has 0 saturated heterocycles. The van der Waals surface area contributed by atoms with Crippen LogP contribution in [-0.4, -0.2) is 21.3 Å². The molecule has 0 saturated carbocycles. The Hall–Kier alpha value is -3.16. The number of halogens is 4. The standard InChI is InChI=1S/C19H17F4N3O/c1-3-12(9-14(4-2)19(21,22)23)17-7-8-24-18(26-17)25-11-13-5-6-15(27)10-16(13)20/h3-10,27H,1,11H2,2H3,(H,24,25,26)/b12-9+,14-4+. The van der Waals surface area contributed by atoms with Gasteiger partial charge in [-0.05, 0) is 25.1 Å². The van der Waals surface area contributed by atoms with E-state index in [9.17, 15) is 22.7 Å². The minimum atomic E-state index is -4.49. The van der Waals surface area contributed by atoms with Crippen LogP contribution in [0.1, 0.15) is 18.2 Å². The number of nitrogens with one attached hydrogen (secondary N) is 1. The van der Waals surface area contributed by atoms with Crippen LogP contribution in [0.15, 0.2) is 60.8 Å². The number of aromatic hydroxyl groups is 1. The minimum absolute atomic E-state index is 0.0331. The summed E-state index contributed by atoms with van der Waals surface area (Å²) in [5.74, 6) is -0.685. The largest absolute Gasteiger partial charge is 0.508 e. The average Bonchev–Trinajstić information content (AvgIpc) is 2.61. The molecule has 4 nitrogen and oxygen atoms in total. The van der Waals surface area contributed by atoms with Crippen molar-refractivity contribution in [2.45, 2.75) is 19.6 Å². The van der Waals surface area contributed by atoms with Gasteiger partial charge in [0.2, 0.25) is 5.95 Å². The first-order valence-electron chi connectivity index (χ1n) is 7.87. The number of benzene rings is 1. The van der Waals surface area contributed by atoms with Gasteiger partial charge in [0.25, 0.3) is 0 Å². The van der Waals surface area contributed by atoms with Crippen LogP contribution in [0.4, 0.5) is 23.5 Å². The zero-order valence-corrected chi connectivity index (χ0v) is 14.4. The van der Waals surface area contributed by atoms with Crippen LogP contribution >= 0.6 is 0 Å². The zero-order chi connectivity index (χ0) is 20.0. The summed E-state index contributed by atoms with van der Waals surface area (Å²) < 4.78 is 52.6. The fourth-order valence-electron chi connectivity index (χ4n) is 2.19. The van der Waals surface area contributed by atoms with Gasteiger partial charge in [-0.15, -0.1) is 0 Å². The molecule has 8 heteroatoms. The van der Waals surface area contributed by atoms with Crippen molar-refractivity contribution < 1.29 is 22.7 Å². The molecule has 0 amide bonds. The summed E-state index contributed by atoms with van der Waals surface area (Å²) in [4.78, 5) is 8.12. The number of rotatable bonds is 6. The first-order valence-corrected chi connectivity index (χ1v) is 7.87. The van der Waals surface area contributed by atoms with Crippen molar-refractivity contribution in [1.29, 1.82) is 0 Å². The van der Waals surface area contributed by atoms with Crippen molar-refractivity contribution in [3.8, 4) is 5.75 Å². The van der Waals surface area contributed by atoms with Crippen LogP contribution in [0.2, 0.25) is 0 Å². The maximum absolute atomic E-state index is 13.7. The molecule has 0 aliphatic heterocycles. The molecule has 0 bridgehead atoms. The van der Waals surface area contributed by atoms with Crippen molar-refractivity contribution in [3.05, 3.63) is 77.9 Å². The van der Waals surface area contributed by atoms with E-state index in [-0.39, 0.29) is 35.1 Å². The Morgan fingerprint density at radius 1 is 1.30 bits per heavy atom. The fourth-order valence-corrected chi connectivity index (χ4v) is 2.19. The van der Waals surface area contributed by atoms with Crippen LogP contribution < -0.4 is 5.32 Å². The van der Waals surface area contributed by atoms with Gasteiger partial charge in [-0.3, -0.25) is 0 Å². The quantitative estimate of drug-likeness (QED) is 0.547. The summed E-state index contributed by atoms with van der Waals surface area (Å²) in [5.41, 5.74) is -0.148. The van der Waals surface area contributed by atoms with Crippen molar-refractivity contribution in [1.82, 2.24) is 9.97 Å².